The molecule has 0 radical (unpaired) electrons. The summed E-state index contributed by atoms with van der Waals surface area (Å²) in [6, 6.07) is 14.2. The molecular weight excluding hydrogens is 309 g/mol. The molecule has 0 aliphatic heterocycles. The zero-order valence-corrected chi connectivity index (χ0v) is 11.8. The zero-order chi connectivity index (χ0) is 13.7. The summed E-state index contributed by atoms with van der Waals surface area (Å²) in [4.78, 5) is 11.8. The first-order valence-corrected chi connectivity index (χ1v) is 6.73. The van der Waals surface area contributed by atoms with E-state index in [1.54, 1.807) is 6.07 Å². The van der Waals surface area contributed by atoms with Crippen LogP contribution in [0.5, 0.6) is 0 Å². The standard InChI is InChI=1S/C15H13BrFNO/c16-13-7-6-12(10-14(13)17)15(19)18-9-8-11-4-2-1-3-5-11/h1-7,10H,8-9H2,(H,18,19). The molecule has 4 heteroatoms. The van der Waals surface area contributed by atoms with E-state index in [1.165, 1.54) is 12.1 Å². The number of carbonyl (C=O) groups excluding carboxylic acids is 1. The molecule has 19 heavy (non-hydrogen) atoms. The van der Waals surface area contributed by atoms with E-state index in [1.807, 2.05) is 30.3 Å². The Labute approximate surface area is 119 Å². The van der Waals surface area contributed by atoms with Crippen LogP contribution < -0.4 is 5.32 Å². The molecule has 0 aliphatic carbocycles. The van der Waals surface area contributed by atoms with Crippen molar-refractivity contribution in [3.05, 3.63) is 69.9 Å². The van der Waals surface area contributed by atoms with Crippen molar-refractivity contribution >= 4 is 21.8 Å². The van der Waals surface area contributed by atoms with Crippen LogP contribution in [0.2, 0.25) is 0 Å². The molecule has 2 rings (SSSR count). The topological polar surface area (TPSA) is 29.1 Å². The van der Waals surface area contributed by atoms with E-state index in [4.69, 9.17) is 0 Å². The Balaban J connectivity index is 1.89. The molecule has 2 aromatic rings. The first-order chi connectivity index (χ1) is 9.16. The van der Waals surface area contributed by atoms with Gasteiger partial charge < -0.3 is 5.32 Å². The van der Waals surface area contributed by atoms with Gasteiger partial charge in [0.05, 0.1) is 4.47 Å². The summed E-state index contributed by atoms with van der Waals surface area (Å²) in [5, 5.41) is 2.77. The van der Waals surface area contributed by atoms with Crippen molar-refractivity contribution in [2.45, 2.75) is 6.42 Å². The van der Waals surface area contributed by atoms with Gasteiger partial charge in [-0.3, -0.25) is 4.79 Å². The van der Waals surface area contributed by atoms with Crippen LogP contribution in [0.3, 0.4) is 0 Å². The third kappa shape index (κ3) is 3.89. The highest BCUT2D eigenvalue weighted by atomic mass is 79.9. The average molecular weight is 322 g/mol. The SMILES string of the molecule is O=C(NCCc1ccccc1)c1ccc(Br)c(F)c1. The highest BCUT2D eigenvalue weighted by Crippen LogP contribution is 2.16. The zero-order valence-electron chi connectivity index (χ0n) is 10.2. The third-order valence-electron chi connectivity index (χ3n) is 2.72. The molecule has 0 saturated heterocycles. The number of halogens is 2. The normalized spacial score (nSPS) is 10.2. The smallest absolute Gasteiger partial charge is 0.251 e. The number of rotatable bonds is 4. The van der Waals surface area contributed by atoms with E-state index >= 15 is 0 Å². The van der Waals surface area contributed by atoms with E-state index in [0.717, 1.165) is 12.0 Å². The minimum Gasteiger partial charge on any atom is -0.352 e. The van der Waals surface area contributed by atoms with Crippen molar-refractivity contribution in [1.29, 1.82) is 0 Å². The highest BCUT2D eigenvalue weighted by Gasteiger charge is 2.07. The van der Waals surface area contributed by atoms with E-state index in [2.05, 4.69) is 21.2 Å². The fourth-order valence-corrected chi connectivity index (χ4v) is 1.95. The Morgan fingerprint density at radius 2 is 1.89 bits per heavy atom. The van der Waals surface area contributed by atoms with Crippen LogP contribution in [0.1, 0.15) is 15.9 Å². The molecule has 0 spiro atoms. The summed E-state index contributed by atoms with van der Waals surface area (Å²) < 4.78 is 13.7. The van der Waals surface area contributed by atoms with Crippen LogP contribution >= 0.6 is 15.9 Å². The largest absolute Gasteiger partial charge is 0.352 e. The van der Waals surface area contributed by atoms with Crippen LogP contribution in [-0.2, 0) is 6.42 Å². The maximum Gasteiger partial charge on any atom is 0.251 e. The summed E-state index contributed by atoms with van der Waals surface area (Å²) in [7, 11) is 0. The van der Waals surface area contributed by atoms with Crippen LogP contribution in [0, 0.1) is 5.82 Å². The Hall–Kier alpha value is -1.68. The second-order valence-corrected chi connectivity index (χ2v) is 4.97. The van der Waals surface area contributed by atoms with Crippen LogP contribution in [-0.4, -0.2) is 12.5 Å². The van der Waals surface area contributed by atoms with Gasteiger partial charge in [0, 0.05) is 12.1 Å². The average Bonchev–Trinajstić information content (AvgIpc) is 2.43. The van der Waals surface area contributed by atoms with E-state index in [9.17, 15) is 9.18 Å². The highest BCUT2D eigenvalue weighted by molar-refractivity contribution is 9.10. The Kier molecular flexibility index (Phi) is 4.68. The molecule has 0 aromatic heterocycles. The molecule has 2 aromatic carbocycles. The van der Waals surface area contributed by atoms with Crippen LogP contribution in [0.15, 0.2) is 53.0 Å². The first-order valence-electron chi connectivity index (χ1n) is 5.94. The lowest BCUT2D eigenvalue weighted by molar-refractivity contribution is 0.0953. The Bertz CT molecular complexity index is 572. The molecule has 0 heterocycles. The maximum absolute atomic E-state index is 13.3. The van der Waals surface area contributed by atoms with Crippen molar-refractivity contribution < 1.29 is 9.18 Å². The summed E-state index contributed by atoms with van der Waals surface area (Å²) in [6.45, 7) is 0.528. The number of nitrogens with one attached hydrogen (secondary N) is 1. The number of carbonyl (C=O) groups is 1. The van der Waals surface area contributed by atoms with Crippen molar-refractivity contribution in [3.8, 4) is 0 Å². The number of amides is 1. The molecule has 0 aliphatic rings. The quantitative estimate of drug-likeness (QED) is 0.916. The molecule has 2 nitrogen and oxygen atoms in total. The van der Waals surface area contributed by atoms with Gasteiger partial charge in [-0.2, -0.15) is 0 Å². The second-order valence-electron chi connectivity index (χ2n) is 4.12. The molecule has 1 N–H and O–H groups in total. The molecule has 0 atom stereocenters. The Morgan fingerprint density at radius 3 is 2.58 bits per heavy atom. The lowest BCUT2D eigenvalue weighted by atomic mass is 10.1. The maximum atomic E-state index is 13.3. The van der Waals surface area contributed by atoms with Gasteiger partial charge in [-0.15, -0.1) is 0 Å². The third-order valence-corrected chi connectivity index (χ3v) is 3.37. The monoisotopic (exact) mass is 321 g/mol. The van der Waals surface area contributed by atoms with Gasteiger partial charge in [0.25, 0.3) is 5.91 Å². The van der Waals surface area contributed by atoms with Crippen LogP contribution in [0.4, 0.5) is 4.39 Å². The van der Waals surface area contributed by atoms with Gasteiger partial charge in [-0.05, 0) is 46.1 Å². The number of hydrogen-bond donors (Lipinski definition) is 1. The molecule has 0 bridgehead atoms. The number of benzene rings is 2. The van der Waals surface area contributed by atoms with Crippen molar-refractivity contribution in [2.24, 2.45) is 0 Å². The van der Waals surface area contributed by atoms with Crippen molar-refractivity contribution in [3.63, 3.8) is 0 Å². The summed E-state index contributed by atoms with van der Waals surface area (Å²) in [5.74, 6) is -0.696. The lowest BCUT2D eigenvalue weighted by Crippen LogP contribution is -2.25. The van der Waals surface area contributed by atoms with E-state index in [-0.39, 0.29) is 5.91 Å². The van der Waals surface area contributed by atoms with Gasteiger partial charge in [-0.25, -0.2) is 4.39 Å². The molecule has 1 amide bonds. The minimum atomic E-state index is -0.435. The second kappa shape index (κ2) is 6.48. The van der Waals surface area contributed by atoms with Gasteiger partial charge in [0.1, 0.15) is 5.82 Å². The Morgan fingerprint density at radius 1 is 1.16 bits per heavy atom. The summed E-state index contributed by atoms with van der Waals surface area (Å²) in [6.07, 6.45) is 0.756. The minimum absolute atomic E-state index is 0.262. The van der Waals surface area contributed by atoms with Gasteiger partial charge in [-0.1, -0.05) is 30.3 Å². The molecule has 0 fully saturated rings. The fourth-order valence-electron chi connectivity index (χ4n) is 1.70. The number of hydrogen-bond acceptors (Lipinski definition) is 1. The molecule has 0 saturated carbocycles. The van der Waals surface area contributed by atoms with Gasteiger partial charge in [0.2, 0.25) is 0 Å². The fraction of sp³-hybridized carbons (Fsp3) is 0.133. The molecular formula is C15H13BrFNO. The van der Waals surface area contributed by atoms with Gasteiger partial charge >= 0.3 is 0 Å². The van der Waals surface area contributed by atoms with Crippen molar-refractivity contribution in [2.75, 3.05) is 6.54 Å². The molecule has 98 valence electrons. The lowest BCUT2D eigenvalue weighted by Gasteiger charge is -2.06. The van der Waals surface area contributed by atoms with Gasteiger partial charge in [0.15, 0.2) is 0 Å². The molecule has 0 unspecified atom stereocenters. The first kappa shape index (κ1) is 13.7. The van der Waals surface area contributed by atoms with Crippen LogP contribution in [0.25, 0.3) is 0 Å². The summed E-state index contributed by atoms with van der Waals surface area (Å²) in [5.41, 5.74) is 1.48. The van der Waals surface area contributed by atoms with E-state index < -0.39 is 5.82 Å². The predicted octanol–water partition coefficient (Wildman–Crippen LogP) is 3.56. The predicted molar refractivity (Wildman–Crippen MR) is 76.6 cm³/mol. The van der Waals surface area contributed by atoms with E-state index in [0.29, 0.717) is 16.6 Å². The summed E-state index contributed by atoms with van der Waals surface area (Å²) >= 11 is 3.06. The van der Waals surface area contributed by atoms with Crippen molar-refractivity contribution in [1.82, 2.24) is 5.32 Å².